The standard InChI is InChI=1S/C16H22O4/c1-5-20-15(18)7-6-13(17)10-14(16(2,3)4)12-8-9-19-11-12/h8-9,11,13-14,17H,5,10H2,1-4H3/t13-,14+/m0/s1. The Labute approximate surface area is 120 Å². The highest BCUT2D eigenvalue weighted by Gasteiger charge is 2.28. The first-order valence-electron chi connectivity index (χ1n) is 6.73. The van der Waals surface area contributed by atoms with Gasteiger partial charge >= 0.3 is 5.97 Å². The Kier molecular flexibility index (Phi) is 5.84. The summed E-state index contributed by atoms with van der Waals surface area (Å²) in [4.78, 5) is 11.1. The van der Waals surface area contributed by atoms with E-state index >= 15 is 0 Å². The quantitative estimate of drug-likeness (QED) is 0.522. The first-order valence-corrected chi connectivity index (χ1v) is 6.73. The van der Waals surface area contributed by atoms with E-state index in [0.29, 0.717) is 6.42 Å². The molecule has 1 heterocycles. The van der Waals surface area contributed by atoms with Crippen molar-refractivity contribution in [3.63, 3.8) is 0 Å². The zero-order valence-electron chi connectivity index (χ0n) is 12.5. The Morgan fingerprint density at radius 3 is 2.70 bits per heavy atom. The minimum atomic E-state index is -0.876. The van der Waals surface area contributed by atoms with Crippen molar-refractivity contribution in [2.24, 2.45) is 5.41 Å². The molecule has 0 saturated heterocycles. The Hall–Kier alpha value is -1.73. The smallest absolute Gasteiger partial charge is 0.384 e. The highest BCUT2D eigenvalue weighted by atomic mass is 16.5. The van der Waals surface area contributed by atoms with Crippen LogP contribution in [0.5, 0.6) is 0 Å². The minimum absolute atomic E-state index is 0.0452. The molecular formula is C16H22O4. The molecule has 0 radical (unpaired) electrons. The lowest BCUT2D eigenvalue weighted by Gasteiger charge is -2.30. The highest BCUT2D eigenvalue weighted by molar-refractivity contribution is 5.88. The van der Waals surface area contributed by atoms with E-state index in [1.807, 2.05) is 6.07 Å². The Morgan fingerprint density at radius 1 is 1.50 bits per heavy atom. The van der Waals surface area contributed by atoms with E-state index in [9.17, 15) is 9.90 Å². The fourth-order valence-corrected chi connectivity index (χ4v) is 2.05. The number of ether oxygens (including phenoxy) is 1. The van der Waals surface area contributed by atoms with Gasteiger partial charge in [-0.3, -0.25) is 0 Å². The van der Waals surface area contributed by atoms with Gasteiger partial charge in [0.05, 0.1) is 19.1 Å². The van der Waals surface area contributed by atoms with Crippen molar-refractivity contribution in [3.05, 3.63) is 24.2 Å². The van der Waals surface area contributed by atoms with Gasteiger partial charge in [-0.15, -0.1) is 0 Å². The molecule has 0 fully saturated rings. The van der Waals surface area contributed by atoms with Gasteiger partial charge in [-0.2, -0.15) is 0 Å². The van der Waals surface area contributed by atoms with E-state index in [2.05, 4.69) is 32.6 Å². The van der Waals surface area contributed by atoms with Crippen LogP contribution < -0.4 is 0 Å². The third-order valence-corrected chi connectivity index (χ3v) is 3.07. The zero-order chi connectivity index (χ0) is 15.2. The first-order chi connectivity index (χ1) is 9.34. The number of furan rings is 1. The lowest BCUT2D eigenvalue weighted by molar-refractivity contribution is -0.136. The van der Waals surface area contributed by atoms with Gasteiger partial charge in [-0.05, 0) is 36.3 Å². The number of rotatable bonds is 4. The van der Waals surface area contributed by atoms with Crippen LogP contribution in [0.3, 0.4) is 0 Å². The summed E-state index contributed by atoms with van der Waals surface area (Å²) < 4.78 is 9.81. The van der Waals surface area contributed by atoms with Gasteiger partial charge in [0, 0.05) is 5.92 Å². The maximum Gasteiger partial charge on any atom is 0.384 e. The van der Waals surface area contributed by atoms with E-state index in [4.69, 9.17) is 9.15 Å². The van der Waals surface area contributed by atoms with Crippen LogP contribution in [0.25, 0.3) is 0 Å². The van der Waals surface area contributed by atoms with Gasteiger partial charge < -0.3 is 14.3 Å². The average Bonchev–Trinajstić information content (AvgIpc) is 2.86. The molecule has 1 rings (SSSR count). The molecule has 1 aromatic heterocycles. The second-order valence-electron chi connectivity index (χ2n) is 5.72. The predicted octanol–water partition coefficient (Wildman–Crippen LogP) is 2.73. The van der Waals surface area contributed by atoms with Gasteiger partial charge in [0.1, 0.15) is 6.10 Å². The third kappa shape index (κ3) is 5.10. The van der Waals surface area contributed by atoms with Crippen molar-refractivity contribution >= 4 is 5.97 Å². The first kappa shape index (κ1) is 16.3. The third-order valence-electron chi connectivity index (χ3n) is 3.07. The number of carbonyl (C=O) groups is 1. The highest BCUT2D eigenvalue weighted by Crippen LogP contribution is 2.38. The van der Waals surface area contributed by atoms with Crippen LogP contribution in [-0.2, 0) is 9.53 Å². The number of aliphatic hydroxyl groups is 1. The van der Waals surface area contributed by atoms with Gasteiger partial charge in [-0.25, -0.2) is 4.79 Å². The van der Waals surface area contributed by atoms with Crippen molar-refractivity contribution < 1.29 is 19.1 Å². The molecule has 1 aromatic rings. The summed E-state index contributed by atoms with van der Waals surface area (Å²) in [7, 11) is 0. The van der Waals surface area contributed by atoms with Crippen molar-refractivity contribution in [1.29, 1.82) is 0 Å². The molecule has 2 atom stereocenters. The molecule has 0 aromatic carbocycles. The fourth-order valence-electron chi connectivity index (χ4n) is 2.05. The molecule has 1 N–H and O–H groups in total. The van der Waals surface area contributed by atoms with Crippen LogP contribution in [-0.4, -0.2) is 23.8 Å². The van der Waals surface area contributed by atoms with Crippen LogP contribution in [0.1, 0.15) is 45.6 Å². The number of hydrogen-bond acceptors (Lipinski definition) is 4. The van der Waals surface area contributed by atoms with Crippen LogP contribution in [0.15, 0.2) is 23.0 Å². The largest absolute Gasteiger partial charge is 0.472 e. The van der Waals surface area contributed by atoms with E-state index in [1.54, 1.807) is 19.5 Å². The predicted molar refractivity (Wildman–Crippen MR) is 75.9 cm³/mol. The molecule has 0 saturated carbocycles. The van der Waals surface area contributed by atoms with E-state index in [1.165, 1.54) is 0 Å². The molecule has 0 bridgehead atoms. The maximum atomic E-state index is 11.1. The van der Waals surface area contributed by atoms with Crippen molar-refractivity contribution in [1.82, 2.24) is 0 Å². The van der Waals surface area contributed by atoms with Gasteiger partial charge in [-0.1, -0.05) is 26.7 Å². The molecular weight excluding hydrogens is 256 g/mol. The summed E-state index contributed by atoms with van der Waals surface area (Å²) in [6.45, 7) is 8.27. The number of esters is 1. The molecule has 20 heavy (non-hydrogen) atoms. The van der Waals surface area contributed by atoms with Crippen LogP contribution in [0.2, 0.25) is 0 Å². The molecule has 4 heteroatoms. The maximum absolute atomic E-state index is 11.1. The van der Waals surface area contributed by atoms with E-state index in [-0.39, 0.29) is 17.9 Å². The van der Waals surface area contributed by atoms with Crippen molar-refractivity contribution in [2.45, 2.75) is 46.1 Å². The lowest BCUT2D eigenvalue weighted by Crippen LogP contribution is -2.22. The summed E-state index contributed by atoms with van der Waals surface area (Å²) in [5, 5.41) is 9.99. The molecule has 0 amide bonds. The number of aliphatic hydroxyl groups excluding tert-OH is 1. The zero-order valence-corrected chi connectivity index (χ0v) is 12.5. The molecule has 0 unspecified atom stereocenters. The van der Waals surface area contributed by atoms with E-state index in [0.717, 1.165) is 5.56 Å². The molecule has 0 spiro atoms. The number of hydrogen-bond donors (Lipinski definition) is 1. The lowest BCUT2D eigenvalue weighted by atomic mass is 9.74. The minimum Gasteiger partial charge on any atom is -0.472 e. The van der Waals surface area contributed by atoms with Crippen LogP contribution >= 0.6 is 0 Å². The Balaban J connectivity index is 2.74. The summed E-state index contributed by atoms with van der Waals surface area (Å²) in [6, 6.07) is 1.89. The molecule has 0 aliphatic rings. The molecule has 4 nitrogen and oxygen atoms in total. The second kappa shape index (κ2) is 7.16. The topological polar surface area (TPSA) is 59.7 Å². The van der Waals surface area contributed by atoms with Gasteiger partial charge in [0.15, 0.2) is 0 Å². The summed E-state index contributed by atoms with van der Waals surface area (Å²) in [5.41, 5.74) is 0.977. The Bertz CT molecular complexity index is 471. The summed E-state index contributed by atoms with van der Waals surface area (Å²) in [6.07, 6.45) is 2.86. The fraction of sp³-hybridized carbons (Fsp3) is 0.562. The number of carbonyl (C=O) groups excluding carboxylic acids is 1. The monoisotopic (exact) mass is 278 g/mol. The van der Waals surface area contributed by atoms with Crippen LogP contribution in [0, 0.1) is 17.3 Å². The normalized spacial score (nSPS) is 14.1. The second-order valence-corrected chi connectivity index (χ2v) is 5.72. The van der Waals surface area contributed by atoms with Crippen molar-refractivity contribution in [2.75, 3.05) is 6.61 Å². The molecule has 0 aliphatic carbocycles. The van der Waals surface area contributed by atoms with Crippen molar-refractivity contribution in [3.8, 4) is 11.8 Å². The molecule has 110 valence electrons. The SMILES string of the molecule is CCOC(=O)C#C[C@H](O)C[C@H](c1ccoc1)C(C)(C)C. The average molecular weight is 278 g/mol. The molecule has 0 aliphatic heterocycles. The van der Waals surface area contributed by atoms with E-state index < -0.39 is 12.1 Å². The summed E-state index contributed by atoms with van der Waals surface area (Å²) in [5.74, 6) is 4.31. The van der Waals surface area contributed by atoms with Gasteiger partial charge in [0.25, 0.3) is 0 Å². The Morgan fingerprint density at radius 2 is 2.20 bits per heavy atom. The van der Waals surface area contributed by atoms with Gasteiger partial charge in [0.2, 0.25) is 0 Å². The van der Waals surface area contributed by atoms with Crippen LogP contribution in [0.4, 0.5) is 0 Å². The summed E-state index contributed by atoms with van der Waals surface area (Å²) >= 11 is 0.